The van der Waals surface area contributed by atoms with Gasteiger partial charge in [-0.05, 0) is 19.4 Å². The molecule has 0 fully saturated rings. The molecule has 9 heavy (non-hydrogen) atoms. The first-order valence-electron chi connectivity index (χ1n) is 2.66. The van der Waals surface area contributed by atoms with E-state index in [0.717, 1.165) is 10.6 Å². The van der Waals surface area contributed by atoms with E-state index in [1.54, 1.807) is 0 Å². The van der Waals surface area contributed by atoms with Crippen LogP contribution in [0.1, 0.15) is 13.8 Å². The van der Waals surface area contributed by atoms with Crippen molar-refractivity contribution in [2.45, 2.75) is 13.8 Å². The molecule has 0 unspecified atom stereocenters. The lowest BCUT2D eigenvalue weighted by Gasteiger charge is -1.88. The second-order valence-electron chi connectivity index (χ2n) is 1.42. The fraction of sp³-hybridized carbons (Fsp3) is 0.250. The van der Waals surface area contributed by atoms with Crippen LogP contribution in [0.15, 0.2) is 36.4 Å². The van der Waals surface area contributed by atoms with Crippen molar-refractivity contribution < 1.29 is 0 Å². The van der Waals surface area contributed by atoms with E-state index in [4.69, 9.17) is 11.6 Å². The molecular weight excluding hydrogens is 132 g/mol. The van der Waals surface area contributed by atoms with Gasteiger partial charge in [0.05, 0.1) is 0 Å². The Hall–Kier alpha value is -0.490. The number of rotatable bonds is 1. The van der Waals surface area contributed by atoms with E-state index >= 15 is 0 Å². The molecule has 0 amide bonds. The van der Waals surface area contributed by atoms with E-state index in [9.17, 15) is 0 Å². The standard InChI is InChI=1S/C6H9Cl.C2H4/c1-4-6(7)5(2)3;1-2/h4H,2H2,1,3H3;1-2H2/b6-4+;. The molecule has 1 heteroatoms. The van der Waals surface area contributed by atoms with Crippen molar-refractivity contribution in [1.82, 2.24) is 0 Å². The molecule has 0 spiro atoms. The molecule has 0 saturated carbocycles. The first-order valence-corrected chi connectivity index (χ1v) is 3.04. The third kappa shape index (κ3) is 7.51. The van der Waals surface area contributed by atoms with Crippen LogP contribution in [0.25, 0.3) is 0 Å². The zero-order valence-corrected chi connectivity index (χ0v) is 6.83. The third-order valence-corrected chi connectivity index (χ3v) is 1.20. The molecule has 0 aromatic carbocycles. The summed E-state index contributed by atoms with van der Waals surface area (Å²) >= 11 is 5.56. The van der Waals surface area contributed by atoms with Gasteiger partial charge in [0.2, 0.25) is 0 Å². The van der Waals surface area contributed by atoms with Gasteiger partial charge in [0.15, 0.2) is 0 Å². The Morgan fingerprint density at radius 1 is 1.44 bits per heavy atom. The largest absolute Gasteiger partial charge is 0.106 e. The minimum Gasteiger partial charge on any atom is -0.106 e. The zero-order valence-electron chi connectivity index (χ0n) is 6.08. The van der Waals surface area contributed by atoms with Gasteiger partial charge in [-0.2, -0.15) is 0 Å². The summed E-state index contributed by atoms with van der Waals surface area (Å²) in [6, 6.07) is 0. The van der Waals surface area contributed by atoms with Gasteiger partial charge in [0.25, 0.3) is 0 Å². The summed E-state index contributed by atoms with van der Waals surface area (Å²) in [6.45, 7) is 13.4. The average Bonchev–Trinajstić information content (AvgIpc) is 1.91. The highest BCUT2D eigenvalue weighted by Crippen LogP contribution is 2.09. The van der Waals surface area contributed by atoms with Gasteiger partial charge in [0, 0.05) is 5.03 Å². The summed E-state index contributed by atoms with van der Waals surface area (Å²) in [4.78, 5) is 0. The van der Waals surface area contributed by atoms with Crippen molar-refractivity contribution in [3.8, 4) is 0 Å². The van der Waals surface area contributed by atoms with Gasteiger partial charge < -0.3 is 0 Å². The van der Waals surface area contributed by atoms with Crippen LogP contribution in [-0.2, 0) is 0 Å². The summed E-state index contributed by atoms with van der Waals surface area (Å²) in [5.41, 5.74) is 0.921. The molecule has 52 valence electrons. The second kappa shape index (κ2) is 7.51. The molecule has 0 rings (SSSR count). The highest BCUT2D eigenvalue weighted by atomic mass is 35.5. The van der Waals surface area contributed by atoms with Gasteiger partial charge in [0.1, 0.15) is 0 Å². The normalized spacial score (nSPS) is 9.44. The van der Waals surface area contributed by atoms with Crippen molar-refractivity contribution in [3.63, 3.8) is 0 Å². The van der Waals surface area contributed by atoms with Gasteiger partial charge >= 0.3 is 0 Å². The highest BCUT2D eigenvalue weighted by Gasteiger charge is 1.84. The van der Waals surface area contributed by atoms with Crippen LogP contribution in [0, 0.1) is 0 Å². The summed E-state index contributed by atoms with van der Waals surface area (Å²) in [5, 5.41) is 0.750. The highest BCUT2D eigenvalue weighted by molar-refractivity contribution is 6.31. The Labute approximate surface area is 62.5 Å². The molecule has 0 aromatic heterocycles. The van der Waals surface area contributed by atoms with Crippen LogP contribution in [0.4, 0.5) is 0 Å². The Bertz CT molecular complexity index is 112. The van der Waals surface area contributed by atoms with E-state index in [2.05, 4.69) is 19.7 Å². The maximum absolute atomic E-state index is 5.56. The molecule has 0 aromatic rings. The number of hydrogen-bond acceptors (Lipinski definition) is 0. The predicted molar refractivity (Wildman–Crippen MR) is 45.7 cm³/mol. The monoisotopic (exact) mass is 144 g/mol. The zero-order chi connectivity index (χ0) is 7.86. The molecule has 0 atom stereocenters. The van der Waals surface area contributed by atoms with Gasteiger partial charge in [-0.25, -0.2) is 0 Å². The van der Waals surface area contributed by atoms with Crippen LogP contribution in [0.2, 0.25) is 0 Å². The van der Waals surface area contributed by atoms with Crippen molar-refractivity contribution in [2.24, 2.45) is 0 Å². The Morgan fingerprint density at radius 3 is 1.78 bits per heavy atom. The molecule has 0 radical (unpaired) electrons. The first-order chi connectivity index (χ1) is 4.18. The first kappa shape index (κ1) is 11.3. The summed E-state index contributed by atoms with van der Waals surface area (Å²) < 4.78 is 0. The fourth-order valence-corrected chi connectivity index (χ4v) is 0.246. The second-order valence-corrected chi connectivity index (χ2v) is 1.82. The summed E-state index contributed by atoms with van der Waals surface area (Å²) in [5.74, 6) is 0. The lowest BCUT2D eigenvalue weighted by molar-refractivity contribution is 1.50. The molecule has 0 heterocycles. The fourth-order valence-electron chi connectivity index (χ4n) is 0.246. The quantitative estimate of drug-likeness (QED) is 0.390. The smallest absolute Gasteiger partial charge is 0.0386 e. The maximum Gasteiger partial charge on any atom is 0.0386 e. The van der Waals surface area contributed by atoms with E-state index < -0.39 is 0 Å². The Kier molecular flexibility index (Phi) is 9.45. The SMILES string of the molecule is C=C.C=C(C)/C(Cl)=C\C. The van der Waals surface area contributed by atoms with Gasteiger partial charge in [-0.1, -0.05) is 24.3 Å². The van der Waals surface area contributed by atoms with Crippen LogP contribution in [0.3, 0.4) is 0 Å². The van der Waals surface area contributed by atoms with E-state index in [1.807, 2.05) is 19.9 Å². The van der Waals surface area contributed by atoms with E-state index in [1.165, 1.54) is 0 Å². The van der Waals surface area contributed by atoms with Crippen molar-refractivity contribution in [1.29, 1.82) is 0 Å². The third-order valence-electron chi connectivity index (χ3n) is 0.661. The number of allylic oxidation sites excluding steroid dienone is 3. The molecule has 0 aliphatic rings. The molecule has 0 bridgehead atoms. The van der Waals surface area contributed by atoms with Crippen LogP contribution in [0.5, 0.6) is 0 Å². The molecule has 0 saturated heterocycles. The average molecular weight is 145 g/mol. The van der Waals surface area contributed by atoms with Crippen LogP contribution >= 0.6 is 11.6 Å². The number of halogens is 1. The molecule has 0 aliphatic heterocycles. The summed E-state index contributed by atoms with van der Waals surface area (Å²) in [7, 11) is 0. The van der Waals surface area contributed by atoms with Crippen molar-refractivity contribution in [3.05, 3.63) is 36.4 Å². The van der Waals surface area contributed by atoms with E-state index in [0.29, 0.717) is 0 Å². The van der Waals surface area contributed by atoms with E-state index in [-0.39, 0.29) is 0 Å². The minimum absolute atomic E-state index is 0.750. The lowest BCUT2D eigenvalue weighted by Crippen LogP contribution is -1.67. The topological polar surface area (TPSA) is 0 Å². The Morgan fingerprint density at radius 2 is 1.78 bits per heavy atom. The van der Waals surface area contributed by atoms with Gasteiger partial charge in [-0.3, -0.25) is 0 Å². The maximum atomic E-state index is 5.56. The van der Waals surface area contributed by atoms with Crippen molar-refractivity contribution in [2.75, 3.05) is 0 Å². The number of hydrogen-bond donors (Lipinski definition) is 0. The lowest BCUT2D eigenvalue weighted by atomic mass is 10.3. The van der Waals surface area contributed by atoms with Crippen molar-refractivity contribution >= 4 is 11.6 Å². The Balaban J connectivity index is 0. The van der Waals surface area contributed by atoms with Crippen LogP contribution < -0.4 is 0 Å². The van der Waals surface area contributed by atoms with Crippen LogP contribution in [-0.4, -0.2) is 0 Å². The van der Waals surface area contributed by atoms with Gasteiger partial charge in [-0.15, -0.1) is 13.2 Å². The molecular formula is C8H13Cl. The predicted octanol–water partition coefficient (Wildman–Crippen LogP) is 3.51. The minimum atomic E-state index is 0.750. The molecule has 0 nitrogen and oxygen atoms in total. The summed E-state index contributed by atoms with van der Waals surface area (Å²) in [6.07, 6.45) is 1.82. The molecule has 0 aliphatic carbocycles. The molecule has 0 N–H and O–H groups in total.